The van der Waals surface area contributed by atoms with E-state index < -0.39 is 0 Å². The van der Waals surface area contributed by atoms with Crippen molar-refractivity contribution in [2.24, 2.45) is 0 Å². The fourth-order valence-corrected chi connectivity index (χ4v) is 6.54. The zero-order valence-electron chi connectivity index (χ0n) is 19.2. The molecule has 2 aliphatic heterocycles. The highest BCUT2D eigenvalue weighted by molar-refractivity contribution is 7.98. The van der Waals surface area contributed by atoms with Gasteiger partial charge in [-0.05, 0) is 50.2 Å². The standard InChI is InChI=1S/C27H22FN2O3PS/c1-31-18-5-3-16(4-6-18)15-35-20-10-23(28)22-13-30-26-17(14-33-27(30)34-25(22)11-20)12-29-24-9-19(32-2)7-8-21(24)26/h3-12H,13-15H2,1-2H3. The van der Waals surface area contributed by atoms with E-state index >= 15 is 4.39 Å². The van der Waals surface area contributed by atoms with Gasteiger partial charge in [-0.3, -0.25) is 4.98 Å². The minimum atomic E-state index is -0.182. The molecule has 0 unspecified atom stereocenters. The zero-order valence-corrected chi connectivity index (χ0v) is 21.0. The first-order valence-corrected chi connectivity index (χ1v) is 13.0. The molecule has 0 bridgehead atoms. The Morgan fingerprint density at radius 2 is 1.86 bits per heavy atom. The van der Waals surface area contributed by atoms with E-state index in [1.807, 2.05) is 48.7 Å². The monoisotopic (exact) mass is 504 g/mol. The molecule has 0 aliphatic carbocycles. The summed E-state index contributed by atoms with van der Waals surface area (Å²) in [4.78, 5) is 7.59. The Hall–Kier alpha value is -3.12. The molecule has 0 N–H and O–H groups in total. The van der Waals surface area contributed by atoms with Crippen LogP contribution in [-0.2, 0) is 23.6 Å². The van der Waals surface area contributed by atoms with Crippen molar-refractivity contribution >= 4 is 47.5 Å². The van der Waals surface area contributed by atoms with Crippen LogP contribution in [0.2, 0.25) is 0 Å². The Bertz CT molecular complexity index is 1480. The quantitative estimate of drug-likeness (QED) is 0.249. The summed E-state index contributed by atoms with van der Waals surface area (Å²) in [6, 6.07) is 17.6. The van der Waals surface area contributed by atoms with Gasteiger partial charge in [-0.2, -0.15) is 0 Å². The van der Waals surface area contributed by atoms with Crippen LogP contribution in [-0.4, -0.2) is 24.8 Å². The van der Waals surface area contributed by atoms with Crippen molar-refractivity contribution in [3.8, 4) is 11.5 Å². The number of hydrogen-bond acceptors (Lipinski definition) is 6. The van der Waals surface area contributed by atoms with Crippen molar-refractivity contribution in [3.05, 3.63) is 83.3 Å². The highest BCUT2D eigenvalue weighted by Crippen LogP contribution is 2.39. The van der Waals surface area contributed by atoms with Gasteiger partial charge in [-0.15, -0.1) is 11.8 Å². The molecule has 0 amide bonds. The van der Waals surface area contributed by atoms with Crippen LogP contribution in [0, 0.1) is 5.82 Å². The second-order valence-electron chi connectivity index (χ2n) is 8.32. The van der Waals surface area contributed by atoms with E-state index in [4.69, 9.17) is 14.2 Å². The summed E-state index contributed by atoms with van der Waals surface area (Å²) in [5, 5.41) is 1.96. The number of anilines is 1. The molecule has 3 heterocycles. The number of thioether (sulfide) groups is 1. The van der Waals surface area contributed by atoms with Crippen LogP contribution in [0.3, 0.4) is 0 Å². The third-order valence-electron chi connectivity index (χ3n) is 6.22. The molecule has 0 saturated carbocycles. The largest absolute Gasteiger partial charge is 0.497 e. The number of pyridine rings is 1. The second kappa shape index (κ2) is 9.15. The molecular formula is C27H22FN2O3PS. The molecule has 0 saturated heterocycles. The lowest BCUT2D eigenvalue weighted by atomic mass is 10.1. The van der Waals surface area contributed by atoms with Gasteiger partial charge in [-0.25, -0.2) is 4.39 Å². The van der Waals surface area contributed by atoms with E-state index in [0.29, 0.717) is 18.7 Å². The molecule has 0 radical (unpaired) electrons. The summed E-state index contributed by atoms with van der Waals surface area (Å²) in [5.74, 6) is 2.16. The van der Waals surface area contributed by atoms with Crippen LogP contribution >= 0.6 is 20.0 Å². The molecule has 2 aliphatic rings. The first-order valence-electron chi connectivity index (χ1n) is 11.2. The third kappa shape index (κ3) is 4.14. The Balaban J connectivity index is 1.31. The average Bonchev–Trinajstić information content (AvgIpc) is 2.90. The normalized spacial score (nSPS) is 14.6. The number of nitrogens with zero attached hydrogens (tertiary/aromatic N) is 2. The van der Waals surface area contributed by atoms with Crippen LogP contribution in [0.4, 0.5) is 10.1 Å². The van der Waals surface area contributed by atoms with E-state index in [2.05, 4.69) is 16.0 Å². The molecular weight excluding hydrogens is 482 g/mol. The Morgan fingerprint density at radius 1 is 1.06 bits per heavy atom. The Labute approximate surface area is 208 Å². The maximum absolute atomic E-state index is 15.4. The lowest BCUT2D eigenvalue weighted by molar-refractivity contribution is 0.283. The predicted octanol–water partition coefficient (Wildman–Crippen LogP) is 5.89. The summed E-state index contributed by atoms with van der Waals surface area (Å²) >= 11 is 1.63. The van der Waals surface area contributed by atoms with Crippen molar-refractivity contribution in [1.29, 1.82) is 0 Å². The molecule has 5 nitrogen and oxygen atoms in total. The fourth-order valence-electron chi connectivity index (χ4n) is 4.39. The summed E-state index contributed by atoms with van der Waals surface area (Å²) in [5.41, 5.74) is 5.57. The minimum Gasteiger partial charge on any atom is -0.497 e. The van der Waals surface area contributed by atoms with Crippen molar-refractivity contribution in [2.45, 2.75) is 23.8 Å². The second-order valence-corrected chi connectivity index (χ2v) is 10.5. The minimum absolute atomic E-state index is 0.182. The van der Waals surface area contributed by atoms with Gasteiger partial charge in [0.15, 0.2) is 5.60 Å². The summed E-state index contributed by atoms with van der Waals surface area (Å²) in [7, 11) is 4.17. The van der Waals surface area contributed by atoms with Crippen LogP contribution in [0.25, 0.3) is 10.9 Å². The molecule has 0 atom stereocenters. The maximum atomic E-state index is 15.4. The van der Waals surface area contributed by atoms with E-state index in [9.17, 15) is 0 Å². The van der Waals surface area contributed by atoms with Crippen molar-refractivity contribution in [1.82, 2.24) is 4.98 Å². The van der Waals surface area contributed by atoms with Gasteiger partial charge in [0, 0.05) is 44.7 Å². The topological polar surface area (TPSA) is 43.8 Å². The van der Waals surface area contributed by atoms with Gasteiger partial charge >= 0.3 is 0 Å². The number of halogens is 1. The van der Waals surface area contributed by atoms with Crippen molar-refractivity contribution in [3.63, 3.8) is 0 Å². The van der Waals surface area contributed by atoms with E-state index in [0.717, 1.165) is 69.0 Å². The van der Waals surface area contributed by atoms with Crippen LogP contribution in [0.1, 0.15) is 16.7 Å². The van der Waals surface area contributed by atoms with Gasteiger partial charge in [-0.1, -0.05) is 12.1 Å². The number of ether oxygens (including phenoxy) is 3. The third-order valence-corrected chi connectivity index (χ3v) is 8.47. The Kier molecular flexibility index (Phi) is 5.85. The molecule has 3 aromatic carbocycles. The first kappa shape index (κ1) is 22.4. The Morgan fingerprint density at radius 3 is 2.66 bits per heavy atom. The van der Waals surface area contributed by atoms with Gasteiger partial charge in [0.05, 0.1) is 38.6 Å². The van der Waals surface area contributed by atoms with E-state index in [-0.39, 0.29) is 5.82 Å². The lowest BCUT2D eigenvalue weighted by Gasteiger charge is -2.36. The molecule has 0 spiro atoms. The summed E-state index contributed by atoms with van der Waals surface area (Å²) in [6.07, 6.45) is 1.84. The number of hydrogen-bond donors (Lipinski definition) is 0. The van der Waals surface area contributed by atoms with Gasteiger partial charge in [0.1, 0.15) is 17.3 Å². The molecule has 1 aromatic heterocycles. The van der Waals surface area contributed by atoms with Crippen molar-refractivity contribution < 1.29 is 18.6 Å². The SMILES string of the molecule is COc1ccc(CSc2cc(F)c3c(c2)P=C2OCc4cnc5cc(OC)ccc5c4N2C3)cc1. The van der Waals surface area contributed by atoms with E-state index in [1.165, 1.54) is 0 Å². The first-order chi connectivity index (χ1) is 17.1. The number of aromatic nitrogens is 1. The highest BCUT2D eigenvalue weighted by Gasteiger charge is 2.31. The summed E-state index contributed by atoms with van der Waals surface area (Å²) < 4.78 is 32.1. The molecule has 6 rings (SSSR count). The van der Waals surface area contributed by atoms with Crippen LogP contribution in [0.5, 0.6) is 11.5 Å². The van der Waals surface area contributed by atoms with Gasteiger partial charge < -0.3 is 19.1 Å². The van der Waals surface area contributed by atoms with Crippen molar-refractivity contribution in [2.75, 3.05) is 19.1 Å². The van der Waals surface area contributed by atoms with Gasteiger partial charge in [0.2, 0.25) is 0 Å². The number of fused-ring (bicyclic) bond motifs is 6. The number of benzene rings is 3. The molecule has 0 fully saturated rings. The van der Waals surface area contributed by atoms with Crippen LogP contribution in [0.15, 0.2) is 65.7 Å². The predicted molar refractivity (Wildman–Crippen MR) is 140 cm³/mol. The molecule has 176 valence electrons. The lowest BCUT2D eigenvalue weighted by Crippen LogP contribution is -2.40. The molecule has 8 heteroatoms. The highest BCUT2D eigenvalue weighted by atomic mass is 32.2. The number of methoxy groups -OCH3 is 2. The zero-order chi connectivity index (χ0) is 23.9. The smallest absolute Gasteiger partial charge is 0.176 e. The van der Waals surface area contributed by atoms with Crippen LogP contribution < -0.4 is 19.7 Å². The van der Waals surface area contributed by atoms with Gasteiger partial charge in [0.25, 0.3) is 0 Å². The average molecular weight is 505 g/mol. The maximum Gasteiger partial charge on any atom is 0.176 e. The molecule has 35 heavy (non-hydrogen) atoms. The molecule has 4 aromatic rings. The van der Waals surface area contributed by atoms with E-state index in [1.54, 1.807) is 32.0 Å². The summed E-state index contributed by atoms with van der Waals surface area (Å²) in [6.45, 7) is 0.873. The number of rotatable bonds is 5. The fraction of sp³-hybridized carbons (Fsp3) is 0.185.